The van der Waals surface area contributed by atoms with Gasteiger partial charge in [0.15, 0.2) is 0 Å². The number of aliphatic hydroxyl groups is 1. The Labute approximate surface area is 88.3 Å². The van der Waals surface area contributed by atoms with Gasteiger partial charge in [-0.2, -0.15) is 0 Å². The summed E-state index contributed by atoms with van der Waals surface area (Å²) in [4.78, 5) is 2.45. The first-order valence-electron chi connectivity index (χ1n) is 5.87. The van der Waals surface area contributed by atoms with Crippen LogP contribution in [0.1, 0.15) is 47.0 Å². The lowest BCUT2D eigenvalue weighted by Crippen LogP contribution is -2.41. The van der Waals surface area contributed by atoms with Crippen LogP contribution in [-0.4, -0.2) is 35.2 Å². The fourth-order valence-electron chi connectivity index (χ4n) is 2.09. The first kappa shape index (κ1) is 12.0. The molecule has 1 aliphatic heterocycles. The summed E-state index contributed by atoms with van der Waals surface area (Å²) in [5.41, 5.74) is 0.0148. The summed E-state index contributed by atoms with van der Waals surface area (Å²) in [5, 5.41) is 10.0. The molecule has 0 aliphatic carbocycles. The third kappa shape index (κ3) is 2.96. The van der Waals surface area contributed by atoms with E-state index in [0.29, 0.717) is 6.04 Å². The standard InChI is InChI=1S/C12H25NO/c1-5-10-7-6-8-13(10)9-11(14)12(2,3)4/h10-11,14H,5-9H2,1-4H3. The Balaban J connectivity index is 2.43. The average Bonchev–Trinajstić information content (AvgIpc) is 2.50. The third-order valence-electron chi connectivity index (χ3n) is 3.38. The summed E-state index contributed by atoms with van der Waals surface area (Å²) in [6.45, 7) is 10.6. The van der Waals surface area contributed by atoms with E-state index in [-0.39, 0.29) is 11.5 Å². The second-order valence-electron chi connectivity index (χ2n) is 5.58. The number of hydrogen-bond donors (Lipinski definition) is 1. The highest BCUT2D eigenvalue weighted by molar-refractivity contribution is 4.83. The van der Waals surface area contributed by atoms with Gasteiger partial charge in [0.25, 0.3) is 0 Å². The highest BCUT2D eigenvalue weighted by atomic mass is 16.3. The number of rotatable bonds is 3. The molecular weight excluding hydrogens is 174 g/mol. The molecule has 1 fully saturated rings. The van der Waals surface area contributed by atoms with E-state index in [1.165, 1.54) is 25.8 Å². The molecule has 0 spiro atoms. The van der Waals surface area contributed by atoms with Crippen molar-refractivity contribution < 1.29 is 5.11 Å². The van der Waals surface area contributed by atoms with Crippen LogP contribution < -0.4 is 0 Å². The molecule has 0 radical (unpaired) electrons. The molecule has 1 rings (SSSR count). The van der Waals surface area contributed by atoms with Crippen molar-refractivity contribution in [3.05, 3.63) is 0 Å². The molecule has 0 aromatic rings. The first-order chi connectivity index (χ1) is 6.45. The normalized spacial score (nSPS) is 26.8. The van der Waals surface area contributed by atoms with Crippen molar-refractivity contribution in [3.8, 4) is 0 Å². The van der Waals surface area contributed by atoms with E-state index in [1.54, 1.807) is 0 Å². The zero-order chi connectivity index (χ0) is 10.8. The minimum absolute atomic E-state index is 0.0148. The smallest absolute Gasteiger partial charge is 0.0715 e. The molecule has 0 saturated carbocycles. The van der Waals surface area contributed by atoms with Crippen molar-refractivity contribution in [1.29, 1.82) is 0 Å². The van der Waals surface area contributed by atoms with Gasteiger partial charge >= 0.3 is 0 Å². The summed E-state index contributed by atoms with van der Waals surface area (Å²) in [6, 6.07) is 0.715. The van der Waals surface area contributed by atoms with E-state index >= 15 is 0 Å². The average molecular weight is 199 g/mol. The van der Waals surface area contributed by atoms with Crippen LogP contribution in [0.25, 0.3) is 0 Å². The van der Waals surface area contributed by atoms with Crippen LogP contribution in [0, 0.1) is 5.41 Å². The zero-order valence-corrected chi connectivity index (χ0v) is 10.1. The number of aliphatic hydroxyl groups excluding tert-OH is 1. The molecule has 2 nitrogen and oxygen atoms in total. The molecule has 2 atom stereocenters. The van der Waals surface area contributed by atoms with E-state index in [4.69, 9.17) is 0 Å². The lowest BCUT2D eigenvalue weighted by Gasteiger charge is -2.32. The highest BCUT2D eigenvalue weighted by Crippen LogP contribution is 2.25. The Morgan fingerprint density at radius 2 is 2.07 bits per heavy atom. The predicted octanol–water partition coefficient (Wildman–Crippen LogP) is 2.27. The fourth-order valence-corrected chi connectivity index (χ4v) is 2.09. The SMILES string of the molecule is CCC1CCCN1CC(O)C(C)(C)C. The Morgan fingerprint density at radius 3 is 2.57 bits per heavy atom. The minimum Gasteiger partial charge on any atom is -0.391 e. The topological polar surface area (TPSA) is 23.5 Å². The second kappa shape index (κ2) is 4.63. The van der Waals surface area contributed by atoms with Gasteiger partial charge in [-0.05, 0) is 31.2 Å². The number of hydrogen-bond acceptors (Lipinski definition) is 2. The second-order valence-corrected chi connectivity index (χ2v) is 5.58. The van der Waals surface area contributed by atoms with Gasteiger partial charge in [0.05, 0.1) is 6.10 Å². The van der Waals surface area contributed by atoms with E-state index in [9.17, 15) is 5.11 Å². The van der Waals surface area contributed by atoms with Crippen molar-refractivity contribution in [2.45, 2.75) is 59.1 Å². The first-order valence-corrected chi connectivity index (χ1v) is 5.87. The van der Waals surface area contributed by atoms with Crippen LogP contribution in [0.15, 0.2) is 0 Å². The van der Waals surface area contributed by atoms with Crippen molar-refractivity contribution >= 4 is 0 Å². The molecule has 0 bridgehead atoms. The van der Waals surface area contributed by atoms with Gasteiger partial charge in [-0.15, -0.1) is 0 Å². The van der Waals surface area contributed by atoms with Crippen LogP contribution in [0.3, 0.4) is 0 Å². The van der Waals surface area contributed by atoms with E-state index in [0.717, 1.165) is 6.54 Å². The maximum Gasteiger partial charge on any atom is 0.0715 e. The highest BCUT2D eigenvalue weighted by Gasteiger charge is 2.29. The quantitative estimate of drug-likeness (QED) is 0.753. The van der Waals surface area contributed by atoms with E-state index < -0.39 is 0 Å². The number of β-amino-alcohol motifs (C(OH)–C–C–N with tert-alkyl or cyclic N) is 1. The monoisotopic (exact) mass is 199 g/mol. The molecule has 0 aromatic carbocycles. The molecule has 1 N–H and O–H groups in total. The fraction of sp³-hybridized carbons (Fsp3) is 1.00. The lowest BCUT2D eigenvalue weighted by atomic mass is 9.89. The maximum absolute atomic E-state index is 10.0. The summed E-state index contributed by atoms with van der Waals surface area (Å²) < 4.78 is 0. The van der Waals surface area contributed by atoms with Gasteiger partial charge < -0.3 is 5.11 Å². The molecule has 84 valence electrons. The molecule has 1 heterocycles. The van der Waals surface area contributed by atoms with Crippen molar-refractivity contribution in [2.75, 3.05) is 13.1 Å². The van der Waals surface area contributed by atoms with Gasteiger partial charge in [-0.25, -0.2) is 0 Å². The van der Waals surface area contributed by atoms with Crippen molar-refractivity contribution in [3.63, 3.8) is 0 Å². The molecule has 1 aliphatic rings. The van der Waals surface area contributed by atoms with E-state index in [2.05, 4.69) is 32.6 Å². The largest absolute Gasteiger partial charge is 0.391 e. The third-order valence-corrected chi connectivity index (χ3v) is 3.38. The maximum atomic E-state index is 10.0. The molecule has 14 heavy (non-hydrogen) atoms. The van der Waals surface area contributed by atoms with Gasteiger partial charge in [-0.1, -0.05) is 27.7 Å². The van der Waals surface area contributed by atoms with Gasteiger partial charge in [-0.3, -0.25) is 4.90 Å². The molecule has 0 aromatic heterocycles. The van der Waals surface area contributed by atoms with Gasteiger partial charge in [0.1, 0.15) is 0 Å². The van der Waals surface area contributed by atoms with E-state index in [1.807, 2.05) is 0 Å². The van der Waals surface area contributed by atoms with Gasteiger partial charge in [0.2, 0.25) is 0 Å². The van der Waals surface area contributed by atoms with Crippen LogP contribution in [0.4, 0.5) is 0 Å². The Morgan fingerprint density at radius 1 is 1.43 bits per heavy atom. The summed E-state index contributed by atoms with van der Waals surface area (Å²) in [5.74, 6) is 0. The number of likely N-dealkylation sites (tertiary alicyclic amines) is 1. The summed E-state index contributed by atoms with van der Waals surface area (Å²) >= 11 is 0. The Bertz CT molecular complexity index is 174. The van der Waals surface area contributed by atoms with Crippen LogP contribution in [-0.2, 0) is 0 Å². The number of nitrogens with zero attached hydrogens (tertiary/aromatic N) is 1. The lowest BCUT2D eigenvalue weighted by molar-refractivity contribution is 0.0245. The Kier molecular flexibility index (Phi) is 3.96. The van der Waals surface area contributed by atoms with Crippen LogP contribution in [0.5, 0.6) is 0 Å². The Hall–Kier alpha value is -0.0800. The summed E-state index contributed by atoms with van der Waals surface area (Å²) in [7, 11) is 0. The molecule has 0 amide bonds. The van der Waals surface area contributed by atoms with Gasteiger partial charge in [0, 0.05) is 12.6 Å². The van der Waals surface area contributed by atoms with Crippen LogP contribution >= 0.6 is 0 Å². The molecule has 1 saturated heterocycles. The summed E-state index contributed by atoms with van der Waals surface area (Å²) in [6.07, 6.45) is 3.63. The molecular formula is C12H25NO. The van der Waals surface area contributed by atoms with Crippen molar-refractivity contribution in [1.82, 2.24) is 4.90 Å². The van der Waals surface area contributed by atoms with Crippen LogP contribution in [0.2, 0.25) is 0 Å². The van der Waals surface area contributed by atoms with Crippen molar-refractivity contribution in [2.24, 2.45) is 5.41 Å². The zero-order valence-electron chi connectivity index (χ0n) is 10.1. The molecule has 2 heteroatoms. The molecule has 2 unspecified atom stereocenters. The predicted molar refractivity (Wildman–Crippen MR) is 60.3 cm³/mol. The minimum atomic E-state index is -0.199.